The Morgan fingerprint density at radius 3 is 2.37 bits per heavy atom. The number of hydrogen-bond donors (Lipinski definition) is 1. The van der Waals surface area contributed by atoms with E-state index < -0.39 is 10.8 Å². The Hall–Kier alpha value is -4.03. The molecule has 4 aromatic carbocycles. The van der Waals surface area contributed by atoms with Gasteiger partial charge in [0, 0.05) is 12.1 Å². The highest BCUT2D eigenvalue weighted by Crippen LogP contribution is 2.36. The van der Waals surface area contributed by atoms with Gasteiger partial charge in [-0.3, -0.25) is 9.59 Å². The van der Waals surface area contributed by atoms with Gasteiger partial charge in [-0.1, -0.05) is 65.7 Å². The van der Waals surface area contributed by atoms with E-state index >= 15 is 0 Å². The lowest BCUT2D eigenvalue weighted by Gasteiger charge is -2.24. The molecule has 6 heteroatoms. The number of fused-ring (bicyclic) bond motifs is 2. The van der Waals surface area contributed by atoms with E-state index in [0.29, 0.717) is 46.1 Å². The van der Waals surface area contributed by atoms with Crippen molar-refractivity contribution in [2.75, 3.05) is 11.4 Å². The van der Waals surface area contributed by atoms with E-state index in [1.807, 2.05) is 32.9 Å². The molecule has 1 aliphatic heterocycles. The first kappa shape index (κ1) is 25.6. The van der Waals surface area contributed by atoms with Crippen LogP contribution in [-0.2, 0) is 23.8 Å². The van der Waals surface area contributed by atoms with Crippen LogP contribution in [0.5, 0.6) is 0 Å². The summed E-state index contributed by atoms with van der Waals surface area (Å²) in [5.74, 6) is -0.461. The summed E-state index contributed by atoms with van der Waals surface area (Å²) in [7, 11) is -1.56. The molecule has 1 N–H and O–H groups in total. The van der Waals surface area contributed by atoms with Crippen LogP contribution < -0.4 is 10.2 Å². The minimum absolute atomic E-state index is 0.230. The molecular weight excluding hydrogens is 492 g/mol. The van der Waals surface area contributed by atoms with Gasteiger partial charge in [-0.25, -0.2) is 4.21 Å². The fourth-order valence-corrected chi connectivity index (χ4v) is 6.02. The van der Waals surface area contributed by atoms with E-state index in [2.05, 4.69) is 35.6 Å². The zero-order chi connectivity index (χ0) is 26.8. The van der Waals surface area contributed by atoms with E-state index in [4.69, 9.17) is 0 Å². The Morgan fingerprint density at radius 2 is 1.58 bits per heavy atom. The second-order valence-electron chi connectivity index (χ2n) is 9.76. The Kier molecular flexibility index (Phi) is 7.25. The summed E-state index contributed by atoms with van der Waals surface area (Å²) in [6.07, 6.45) is 0.716. The van der Waals surface area contributed by atoms with Gasteiger partial charge in [0.15, 0.2) is 0 Å². The number of rotatable bonds is 6. The van der Waals surface area contributed by atoms with Crippen LogP contribution in [0.3, 0.4) is 0 Å². The highest BCUT2D eigenvalue weighted by molar-refractivity contribution is 7.85. The largest absolute Gasteiger partial charge is 0.352 e. The topological polar surface area (TPSA) is 66.5 Å². The molecule has 0 radical (unpaired) electrons. The molecule has 0 saturated carbocycles. The van der Waals surface area contributed by atoms with Crippen molar-refractivity contribution in [2.45, 2.75) is 43.5 Å². The fourth-order valence-electron chi connectivity index (χ4n) is 4.68. The van der Waals surface area contributed by atoms with E-state index in [-0.39, 0.29) is 11.8 Å². The van der Waals surface area contributed by atoms with Crippen molar-refractivity contribution in [1.82, 2.24) is 5.32 Å². The molecule has 2 amide bonds. The average Bonchev–Trinajstić information content (AvgIpc) is 3.01. The Labute approximate surface area is 226 Å². The van der Waals surface area contributed by atoms with Crippen LogP contribution in [0.2, 0.25) is 0 Å². The third-order valence-electron chi connectivity index (χ3n) is 6.93. The molecule has 5 nitrogen and oxygen atoms in total. The van der Waals surface area contributed by atoms with E-state index in [1.54, 1.807) is 47.4 Å². The van der Waals surface area contributed by atoms with Crippen LogP contribution in [0.15, 0.2) is 94.7 Å². The summed E-state index contributed by atoms with van der Waals surface area (Å²) >= 11 is 0. The maximum absolute atomic E-state index is 13.9. The second-order valence-corrected chi connectivity index (χ2v) is 11.2. The molecule has 1 aliphatic rings. The lowest BCUT2D eigenvalue weighted by Crippen LogP contribution is -2.31. The molecule has 0 fully saturated rings. The van der Waals surface area contributed by atoms with E-state index in [9.17, 15) is 13.8 Å². The number of benzene rings is 4. The standard InChI is InChI=1S/C32H30N2O3S/c1-21-9-12-24(13-10-21)16-17-33-31(35)25-14-15-30-28(19-25)34(20-26-18-22(2)8-11-23(26)3)32(36)27-6-4-5-7-29(27)38(30)37/h4-15,18-19H,16-17,20H2,1-3H3,(H,33,35)/t38-/m0/s1. The number of aryl methyl sites for hydroxylation is 3. The van der Waals surface area contributed by atoms with Gasteiger partial charge in [-0.05, 0) is 74.2 Å². The van der Waals surface area contributed by atoms with Crippen molar-refractivity contribution in [3.63, 3.8) is 0 Å². The van der Waals surface area contributed by atoms with Gasteiger partial charge >= 0.3 is 0 Å². The van der Waals surface area contributed by atoms with Crippen molar-refractivity contribution >= 4 is 28.3 Å². The quantitative estimate of drug-likeness (QED) is 0.342. The number of carbonyl (C=O) groups excluding carboxylic acids is 2. The highest BCUT2D eigenvalue weighted by atomic mass is 32.2. The van der Waals surface area contributed by atoms with Gasteiger partial charge in [-0.15, -0.1) is 0 Å². The Balaban J connectivity index is 1.49. The van der Waals surface area contributed by atoms with Crippen LogP contribution >= 0.6 is 0 Å². The molecule has 0 aliphatic carbocycles. The van der Waals surface area contributed by atoms with Crippen LogP contribution in [0.25, 0.3) is 0 Å². The predicted octanol–water partition coefficient (Wildman–Crippen LogP) is 5.91. The van der Waals surface area contributed by atoms with Gasteiger partial charge in [-0.2, -0.15) is 0 Å². The van der Waals surface area contributed by atoms with Crippen LogP contribution in [-0.4, -0.2) is 22.6 Å². The number of nitrogens with zero attached hydrogens (tertiary/aromatic N) is 1. The van der Waals surface area contributed by atoms with Crippen molar-refractivity contribution in [1.29, 1.82) is 0 Å². The monoisotopic (exact) mass is 522 g/mol. The molecule has 0 bridgehead atoms. The molecule has 0 saturated heterocycles. The first-order chi connectivity index (χ1) is 18.3. The third kappa shape index (κ3) is 5.18. The van der Waals surface area contributed by atoms with E-state index in [0.717, 1.165) is 22.3 Å². The summed E-state index contributed by atoms with van der Waals surface area (Å²) in [5, 5.41) is 2.99. The fraction of sp³-hybridized carbons (Fsp3) is 0.188. The molecule has 1 atom stereocenters. The number of nitrogens with one attached hydrogen (secondary N) is 1. The SMILES string of the molecule is Cc1ccc(CCNC(=O)c2ccc3c(c2)N(Cc2cc(C)ccc2C)C(=O)c2ccccc2[S@@]3=O)cc1. The zero-order valence-corrected chi connectivity index (χ0v) is 22.6. The van der Waals surface area contributed by atoms with Crippen LogP contribution in [0.4, 0.5) is 5.69 Å². The number of hydrogen-bond acceptors (Lipinski definition) is 3. The third-order valence-corrected chi connectivity index (χ3v) is 8.43. The lowest BCUT2D eigenvalue weighted by molar-refractivity contribution is 0.0950. The molecule has 4 aromatic rings. The van der Waals surface area contributed by atoms with Crippen LogP contribution in [0.1, 0.15) is 48.5 Å². The number of amides is 2. The summed E-state index contributed by atoms with van der Waals surface area (Å²) in [4.78, 5) is 29.6. The van der Waals surface area contributed by atoms with Gasteiger partial charge in [0.25, 0.3) is 11.8 Å². The van der Waals surface area contributed by atoms with Crippen molar-refractivity contribution in [2.24, 2.45) is 0 Å². The minimum atomic E-state index is -1.56. The molecular formula is C32H30N2O3S. The van der Waals surface area contributed by atoms with E-state index in [1.165, 1.54) is 5.56 Å². The van der Waals surface area contributed by atoms with Gasteiger partial charge in [0.05, 0.1) is 38.4 Å². The molecule has 0 unspecified atom stereocenters. The van der Waals surface area contributed by atoms with Gasteiger partial charge in [0.2, 0.25) is 0 Å². The zero-order valence-electron chi connectivity index (χ0n) is 21.8. The lowest BCUT2D eigenvalue weighted by atomic mass is 10.0. The normalized spacial score (nSPS) is 14.4. The highest BCUT2D eigenvalue weighted by Gasteiger charge is 2.31. The molecule has 1 heterocycles. The summed E-state index contributed by atoms with van der Waals surface area (Å²) in [6.45, 7) is 6.88. The first-order valence-electron chi connectivity index (χ1n) is 12.7. The predicted molar refractivity (Wildman–Crippen MR) is 151 cm³/mol. The number of carbonyl (C=O) groups is 2. The summed E-state index contributed by atoms with van der Waals surface area (Å²) < 4.78 is 13.7. The molecule has 192 valence electrons. The molecule has 5 rings (SSSR count). The van der Waals surface area contributed by atoms with Crippen LogP contribution in [0, 0.1) is 20.8 Å². The second kappa shape index (κ2) is 10.8. The maximum Gasteiger partial charge on any atom is 0.259 e. The molecule has 0 spiro atoms. The summed E-state index contributed by atoms with van der Waals surface area (Å²) in [5.41, 5.74) is 6.84. The molecule has 0 aromatic heterocycles. The smallest absolute Gasteiger partial charge is 0.259 e. The van der Waals surface area contributed by atoms with Gasteiger partial charge in [0.1, 0.15) is 0 Å². The first-order valence-corrected chi connectivity index (χ1v) is 13.8. The van der Waals surface area contributed by atoms with Crippen molar-refractivity contribution < 1.29 is 13.8 Å². The molecule has 38 heavy (non-hydrogen) atoms. The minimum Gasteiger partial charge on any atom is -0.352 e. The average molecular weight is 523 g/mol. The summed E-state index contributed by atoms with van der Waals surface area (Å²) in [6, 6.07) is 26.5. The number of anilines is 1. The van der Waals surface area contributed by atoms with Crippen molar-refractivity contribution in [3.05, 3.63) is 124 Å². The Morgan fingerprint density at radius 1 is 0.842 bits per heavy atom. The maximum atomic E-state index is 13.9. The Bertz CT molecular complexity index is 1560. The van der Waals surface area contributed by atoms with Crippen molar-refractivity contribution in [3.8, 4) is 0 Å². The van der Waals surface area contributed by atoms with Gasteiger partial charge < -0.3 is 10.2 Å².